The monoisotopic (exact) mass is 434 g/mol. The van der Waals surface area contributed by atoms with Crippen molar-refractivity contribution in [1.29, 1.82) is 0 Å². The fourth-order valence-corrected chi connectivity index (χ4v) is 1.58. The van der Waals surface area contributed by atoms with Crippen molar-refractivity contribution < 1.29 is 0 Å². The molecule has 58 valence electrons. The number of hydrogen-bond acceptors (Lipinski definition) is 0. The van der Waals surface area contributed by atoms with Gasteiger partial charge in [0.15, 0.2) is 0 Å². The molecule has 0 N–H and O–H groups in total. The molecule has 0 spiro atoms. The van der Waals surface area contributed by atoms with Gasteiger partial charge >= 0.3 is 0 Å². The smallest absolute Gasteiger partial charge is 0.0622 e. The molecule has 1 aromatic rings. The lowest BCUT2D eigenvalue weighted by Crippen LogP contribution is -1.73. The van der Waals surface area contributed by atoms with Gasteiger partial charge in [0.25, 0.3) is 0 Å². The van der Waals surface area contributed by atoms with E-state index in [0.29, 0.717) is 0 Å². The Morgan fingerprint density at radius 2 is 1.64 bits per heavy atom. The van der Waals surface area contributed by atoms with Crippen LogP contribution >= 0.6 is 61.1 Å². The molecule has 0 saturated carbocycles. The Hall–Kier alpha value is 0.900. The molecular weight excluding hydrogens is 430 g/mol. The molecule has 3 heteroatoms. The van der Waals surface area contributed by atoms with Crippen LogP contribution in [0.2, 0.25) is 0 Å². The summed E-state index contributed by atoms with van der Waals surface area (Å²) in [5.41, 5.74) is 1.23. The second-order valence-corrected chi connectivity index (χ2v) is 6.96. The van der Waals surface area contributed by atoms with Gasteiger partial charge in [-0.05, 0) is 66.7 Å². The third-order valence-corrected chi connectivity index (χ3v) is 4.61. The van der Waals surface area contributed by atoms with Crippen molar-refractivity contribution in [3.05, 3.63) is 37.5 Å². The average molecular weight is 435 g/mol. The summed E-state index contributed by atoms with van der Waals surface area (Å²) in [6.45, 7) is 0. The van der Waals surface area contributed by atoms with Crippen molar-refractivity contribution in [1.82, 2.24) is 0 Å². The van der Waals surface area contributed by atoms with Crippen LogP contribution in [-0.4, -0.2) is 0 Å². The summed E-state index contributed by atoms with van der Waals surface area (Å²) in [7, 11) is 0. The second kappa shape index (κ2) is 4.81. The van der Waals surface area contributed by atoms with Gasteiger partial charge in [0.2, 0.25) is 0 Å². The predicted octanol–water partition coefficient (Wildman–Crippen LogP) is 4.58. The highest BCUT2D eigenvalue weighted by Crippen LogP contribution is 2.32. The molecule has 0 amide bonds. The Kier molecular flexibility index (Phi) is 4.37. The summed E-state index contributed by atoms with van der Waals surface area (Å²) < 4.78 is 2.41. The lowest BCUT2D eigenvalue weighted by atomic mass is 10.2. The SMILES string of the molecule is BrC(=C(I)I)c1ccccc1. The summed E-state index contributed by atoms with van der Waals surface area (Å²) in [5.74, 6) is 0. The van der Waals surface area contributed by atoms with E-state index in [1.54, 1.807) is 0 Å². The van der Waals surface area contributed by atoms with Gasteiger partial charge in [0, 0.05) is 4.48 Å². The molecule has 0 unspecified atom stereocenters. The number of halogens is 3. The molecule has 0 radical (unpaired) electrons. The molecule has 0 saturated heterocycles. The van der Waals surface area contributed by atoms with E-state index in [2.05, 4.69) is 73.2 Å². The van der Waals surface area contributed by atoms with Gasteiger partial charge in [-0.15, -0.1) is 0 Å². The van der Waals surface area contributed by atoms with Crippen LogP contribution < -0.4 is 0 Å². The van der Waals surface area contributed by atoms with Crippen molar-refractivity contribution in [2.24, 2.45) is 0 Å². The third-order valence-electron chi connectivity index (χ3n) is 1.19. The Morgan fingerprint density at radius 3 is 2.09 bits per heavy atom. The van der Waals surface area contributed by atoms with Crippen LogP contribution in [0.5, 0.6) is 0 Å². The molecular formula is C8H5BrI2. The van der Waals surface area contributed by atoms with Gasteiger partial charge < -0.3 is 0 Å². The standard InChI is InChI=1S/C8H5BrI2/c9-7(8(10)11)6-4-2-1-3-5-6/h1-5H. The van der Waals surface area contributed by atoms with Crippen LogP contribution in [-0.2, 0) is 0 Å². The zero-order valence-electron chi connectivity index (χ0n) is 5.52. The van der Waals surface area contributed by atoms with Crippen LogP contribution in [0.15, 0.2) is 31.9 Å². The summed E-state index contributed by atoms with van der Waals surface area (Å²) in [5, 5.41) is 0. The number of rotatable bonds is 1. The highest BCUT2D eigenvalue weighted by Gasteiger charge is 1.98. The lowest BCUT2D eigenvalue weighted by molar-refractivity contribution is 1.66. The topological polar surface area (TPSA) is 0 Å². The number of hydrogen-bond donors (Lipinski definition) is 0. The Labute approximate surface area is 102 Å². The molecule has 0 heterocycles. The molecule has 0 atom stereocenters. The average Bonchev–Trinajstić information content (AvgIpc) is 2.05. The minimum absolute atomic E-state index is 1.17. The first kappa shape index (κ1) is 9.98. The van der Waals surface area contributed by atoms with E-state index in [0.717, 1.165) is 0 Å². The van der Waals surface area contributed by atoms with Crippen LogP contribution in [0.3, 0.4) is 0 Å². The molecule has 1 rings (SSSR count). The molecule has 0 fully saturated rings. The van der Waals surface area contributed by atoms with Crippen LogP contribution in [0.25, 0.3) is 4.48 Å². The maximum atomic E-state index is 3.51. The second-order valence-electron chi connectivity index (χ2n) is 1.94. The Morgan fingerprint density at radius 1 is 1.09 bits per heavy atom. The van der Waals surface area contributed by atoms with E-state index < -0.39 is 0 Å². The first-order valence-corrected chi connectivity index (χ1v) is 5.93. The Balaban J connectivity index is 3.04. The maximum absolute atomic E-state index is 3.51. The molecule has 0 aliphatic carbocycles. The van der Waals surface area contributed by atoms with Gasteiger partial charge in [-0.3, -0.25) is 0 Å². The molecule has 0 aliphatic heterocycles. The summed E-state index contributed by atoms with van der Waals surface area (Å²) in [4.78, 5) is 0. The zero-order chi connectivity index (χ0) is 8.27. The maximum Gasteiger partial charge on any atom is 0.0662 e. The van der Waals surface area contributed by atoms with E-state index >= 15 is 0 Å². The van der Waals surface area contributed by atoms with Crippen molar-refractivity contribution in [3.63, 3.8) is 0 Å². The van der Waals surface area contributed by atoms with Crippen LogP contribution in [0.4, 0.5) is 0 Å². The van der Waals surface area contributed by atoms with Gasteiger partial charge in [-0.2, -0.15) is 0 Å². The first-order chi connectivity index (χ1) is 5.22. The molecule has 0 nitrogen and oxygen atoms in total. The fourth-order valence-electron chi connectivity index (χ4n) is 0.694. The summed E-state index contributed by atoms with van der Waals surface area (Å²) >= 11 is 8.10. The molecule has 0 aromatic heterocycles. The van der Waals surface area contributed by atoms with Crippen molar-refractivity contribution in [3.8, 4) is 0 Å². The van der Waals surface area contributed by atoms with E-state index in [1.807, 2.05) is 18.2 Å². The molecule has 0 aliphatic rings. The quantitative estimate of drug-likeness (QED) is 0.568. The minimum Gasteiger partial charge on any atom is -0.0622 e. The van der Waals surface area contributed by atoms with E-state index in [9.17, 15) is 0 Å². The van der Waals surface area contributed by atoms with Crippen LogP contribution in [0.1, 0.15) is 5.56 Å². The van der Waals surface area contributed by atoms with Gasteiger partial charge in [0.05, 0.1) is 1.59 Å². The Bertz CT molecular complexity index is 263. The predicted molar refractivity (Wildman–Crippen MR) is 70.3 cm³/mol. The summed E-state index contributed by atoms with van der Waals surface area (Å²) in [6, 6.07) is 10.3. The number of benzene rings is 1. The van der Waals surface area contributed by atoms with Crippen LogP contribution in [0, 0.1) is 0 Å². The van der Waals surface area contributed by atoms with Gasteiger partial charge in [-0.1, -0.05) is 30.3 Å². The van der Waals surface area contributed by atoms with E-state index in [1.165, 1.54) is 11.6 Å². The zero-order valence-corrected chi connectivity index (χ0v) is 11.4. The summed E-state index contributed by atoms with van der Waals surface area (Å²) in [6.07, 6.45) is 0. The highest BCUT2D eigenvalue weighted by atomic mass is 127. The first-order valence-electron chi connectivity index (χ1n) is 2.98. The van der Waals surface area contributed by atoms with Gasteiger partial charge in [0.1, 0.15) is 0 Å². The largest absolute Gasteiger partial charge is 0.0662 e. The van der Waals surface area contributed by atoms with Crippen molar-refractivity contribution >= 4 is 65.6 Å². The third kappa shape index (κ3) is 3.02. The minimum atomic E-state index is 1.17. The lowest BCUT2D eigenvalue weighted by Gasteiger charge is -1.97. The van der Waals surface area contributed by atoms with Crippen molar-refractivity contribution in [2.45, 2.75) is 0 Å². The molecule has 0 bridgehead atoms. The van der Waals surface area contributed by atoms with E-state index in [4.69, 9.17) is 0 Å². The normalized spacial score (nSPS) is 9.36. The molecule has 11 heavy (non-hydrogen) atoms. The molecule has 1 aromatic carbocycles. The highest BCUT2D eigenvalue weighted by molar-refractivity contribution is 14.2. The fraction of sp³-hybridized carbons (Fsp3) is 0. The van der Waals surface area contributed by atoms with E-state index in [-0.39, 0.29) is 0 Å². The van der Waals surface area contributed by atoms with Gasteiger partial charge in [-0.25, -0.2) is 0 Å². The van der Waals surface area contributed by atoms with Crippen molar-refractivity contribution in [2.75, 3.05) is 0 Å².